The van der Waals surface area contributed by atoms with E-state index in [9.17, 15) is 19.0 Å². The summed E-state index contributed by atoms with van der Waals surface area (Å²) in [5.41, 5.74) is 0. The lowest BCUT2D eigenvalue weighted by molar-refractivity contribution is -0.870. The van der Waals surface area contributed by atoms with Gasteiger partial charge < -0.3 is 28.5 Å². The summed E-state index contributed by atoms with van der Waals surface area (Å²) in [5.74, 6) is -0.573. The maximum atomic E-state index is 13.5. The Kier molecular flexibility index (Phi) is 51.5. The lowest BCUT2D eigenvalue weighted by Gasteiger charge is -2.30. The number of quaternary nitrogens is 1. The van der Waals surface area contributed by atoms with Crippen molar-refractivity contribution in [2.45, 2.75) is 290 Å². The van der Waals surface area contributed by atoms with E-state index in [1.54, 1.807) is 0 Å². The summed E-state index contributed by atoms with van der Waals surface area (Å²) in [4.78, 5) is 39.9. The Labute approximate surface area is 451 Å². The van der Waals surface area contributed by atoms with Crippen molar-refractivity contribution in [3.63, 3.8) is 0 Å². The molecule has 73 heavy (non-hydrogen) atoms. The van der Waals surface area contributed by atoms with E-state index < -0.39 is 26.6 Å². The van der Waals surface area contributed by atoms with Crippen LogP contribution in [-0.2, 0) is 27.9 Å². The van der Waals surface area contributed by atoms with Crippen LogP contribution >= 0.6 is 7.82 Å². The van der Waals surface area contributed by atoms with Crippen molar-refractivity contribution in [2.24, 2.45) is 0 Å². The average molecular weight is 1050 g/mol. The number of hydrogen-bond acceptors (Lipinski definition) is 7. The minimum absolute atomic E-state index is 0.0290. The number of nitrogens with zero attached hydrogens (tertiary/aromatic N) is 1. The molecule has 3 unspecified atom stereocenters. The van der Waals surface area contributed by atoms with E-state index in [-0.39, 0.29) is 31.3 Å². The fourth-order valence-corrected chi connectivity index (χ4v) is 9.38. The summed E-state index contributed by atoms with van der Waals surface area (Å²) < 4.78 is 30.3. The maximum Gasteiger partial charge on any atom is 0.306 e. The van der Waals surface area contributed by atoms with Gasteiger partial charge in [0.2, 0.25) is 5.91 Å². The van der Waals surface area contributed by atoms with Gasteiger partial charge in [-0.15, -0.1) is 0 Å². The second-order valence-corrected chi connectivity index (χ2v) is 23.3. The molecule has 0 heterocycles. The number of nitrogens with one attached hydrogen (secondary N) is 1. The molecule has 0 aliphatic rings. The maximum absolute atomic E-state index is 13.5. The SMILES string of the molecule is CCCCC/C=C\C/C=C\CCCCCCCCCCCC(=O)OC(/C=C/CCCCCCCCCCCC)C(COP(=O)([O-])OCC[N+](C)(C)C)NC(=O)CCCCC/C=C/C=C/CCCCCCCCC. The Morgan fingerprint density at radius 1 is 0.493 bits per heavy atom. The van der Waals surface area contributed by atoms with Gasteiger partial charge >= 0.3 is 5.97 Å². The molecular weight excluding hydrogens is 928 g/mol. The quantitative estimate of drug-likeness (QED) is 0.0161. The largest absolute Gasteiger partial charge is 0.756 e. The number of ether oxygens (including phenoxy) is 1. The van der Waals surface area contributed by atoms with E-state index in [0.29, 0.717) is 17.4 Å². The Morgan fingerprint density at radius 3 is 1.36 bits per heavy atom. The van der Waals surface area contributed by atoms with Crippen molar-refractivity contribution in [3.8, 4) is 0 Å². The van der Waals surface area contributed by atoms with Crippen molar-refractivity contribution in [1.82, 2.24) is 5.32 Å². The first-order valence-electron chi connectivity index (χ1n) is 30.6. The molecule has 0 saturated carbocycles. The van der Waals surface area contributed by atoms with Gasteiger partial charge in [0.15, 0.2) is 0 Å². The molecule has 0 spiro atoms. The highest BCUT2D eigenvalue weighted by atomic mass is 31.2. The number of hydrogen-bond donors (Lipinski definition) is 1. The molecule has 0 aromatic rings. The van der Waals surface area contributed by atoms with Crippen LogP contribution in [0.2, 0.25) is 0 Å². The summed E-state index contributed by atoms with van der Waals surface area (Å²) in [7, 11) is 1.17. The molecule has 0 bridgehead atoms. The van der Waals surface area contributed by atoms with Crippen LogP contribution in [0.15, 0.2) is 60.8 Å². The van der Waals surface area contributed by atoms with Gasteiger partial charge in [0, 0.05) is 12.8 Å². The van der Waals surface area contributed by atoms with Crippen molar-refractivity contribution in [3.05, 3.63) is 60.8 Å². The Bertz CT molecular complexity index is 1440. The van der Waals surface area contributed by atoms with Gasteiger partial charge in [-0.1, -0.05) is 236 Å². The smallest absolute Gasteiger partial charge is 0.306 e. The monoisotopic (exact) mass is 1040 g/mol. The Morgan fingerprint density at radius 2 is 0.877 bits per heavy atom. The highest BCUT2D eigenvalue weighted by Gasteiger charge is 2.27. The van der Waals surface area contributed by atoms with Gasteiger partial charge in [0.1, 0.15) is 19.3 Å². The van der Waals surface area contributed by atoms with E-state index in [1.807, 2.05) is 33.3 Å². The summed E-state index contributed by atoms with van der Waals surface area (Å²) in [5, 5.41) is 3.01. The molecule has 0 radical (unpaired) electrons. The lowest BCUT2D eigenvalue weighted by atomic mass is 10.0. The van der Waals surface area contributed by atoms with Crippen molar-refractivity contribution < 1.29 is 37.3 Å². The third-order valence-corrected chi connectivity index (χ3v) is 14.4. The molecule has 0 rings (SSSR count). The third kappa shape index (κ3) is 54.3. The van der Waals surface area contributed by atoms with E-state index >= 15 is 0 Å². The predicted molar refractivity (Wildman–Crippen MR) is 312 cm³/mol. The summed E-state index contributed by atoms with van der Waals surface area (Å²) in [6.07, 6.45) is 66.1. The van der Waals surface area contributed by atoms with Crippen LogP contribution in [-0.4, -0.2) is 69.4 Å². The minimum atomic E-state index is -4.70. The van der Waals surface area contributed by atoms with Crippen LogP contribution in [0.1, 0.15) is 278 Å². The van der Waals surface area contributed by atoms with Crippen LogP contribution in [0.25, 0.3) is 0 Å². The van der Waals surface area contributed by atoms with Crippen molar-refractivity contribution in [2.75, 3.05) is 40.9 Å². The highest BCUT2D eigenvalue weighted by molar-refractivity contribution is 7.45. The van der Waals surface area contributed by atoms with Crippen molar-refractivity contribution in [1.29, 1.82) is 0 Å². The first-order valence-corrected chi connectivity index (χ1v) is 32.1. The number of carbonyl (C=O) groups is 2. The molecule has 0 saturated heterocycles. The van der Waals surface area contributed by atoms with Crippen LogP contribution in [0.3, 0.4) is 0 Å². The number of amides is 1. The first kappa shape index (κ1) is 70.7. The molecular formula is C63H117N2O7P. The molecule has 0 aromatic heterocycles. The number of likely N-dealkylation sites (N-methyl/N-ethyl adjacent to an activating group) is 1. The fraction of sp³-hybridized carbons (Fsp3) is 0.810. The molecule has 0 aromatic carbocycles. The van der Waals surface area contributed by atoms with E-state index in [2.05, 4.69) is 74.7 Å². The topological polar surface area (TPSA) is 114 Å². The zero-order valence-corrected chi connectivity index (χ0v) is 49.5. The standard InChI is InChI=1S/C63H117N2O7P/c1-7-10-13-16-19-22-25-28-30-32-33-34-36-38-41-44-47-50-53-56-63(67)72-61(54-51-48-45-42-39-27-24-21-18-15-12-9-3)60(59-71-73(68,69)70-58-57-65(4,5)6)64-62(66)55-52-49-46-43-40-37-35-31-29-26-23-20-17-14-11-8-2/h19,22,28,30-31,35,37,40,51,54,60-61H,7-18,20-21,23-27,29,32-34,36,38-39,41-50,52-53,55-59H2,1-6H3,(H-,64,66,68,69)/b22-19-,30-28-,35-31+,40-37+,54-51+. The zero-order valence-electron chi connectivity index (χ0n) is 48.6. The predicted octanol–water partition coefficient (Wildman–Crippen LogP) is 18.0. The second-order valence-electron chi connectivity index (χ2n) is 21.9. The average Bonchev–Trinajstić information content (AvgIpc) is 3.35. The number of phosphoric ester groups is 1. The summed E-state index contributed by atoms with van der Waals surface area (Å²) in [6.45, 7) is 6.80. The van der Waals surface area contributed by atoms with Crippen LogP contribution in [0.5, 0.6) is 0 Å². The summed E-state index contributed by atoms with van der Waals surface area (Å²) >= 11 is 0. The normalized spacial score (nSPS) is 14.1. The number of rotatable bonds is 55. The number of unbranched alkanes of at least 4 members (excludes halogenated alkanes) is 32. The highest BCUT2D eigenvalue weighted by Crippen LogP contribution is 2.38. The molecule has 0 aliphatic heterocycles. The van der Waals surface area contributed by atoms with Crippen LogP contribution in [0, 0.1) is 0 Å². The van der Waals surface area contributed by atoms with Gasteiger partial charge in [0.25, 0.3) is 7.82 Å². The molecule has 0 aliphatic carbocycles. The fourth-order valence-electron chi connectivity index (χ4n) is 8.66. The van der Waals surface area contributed by atoms with E-state index in [1.165, 1.54) is 154 Å². The second kappa shape index (κ2) is 53.1. The van der Waals surface area contributed by atoms with Gasteiger partial charge in [-0.25, -0.2) is 0 Å². The summed E-state index contributed by atoms with van der Waals surface area (Å²) in [6, 6.07) is -0.904. The van der Waals surface area contributed by atoms with Gasteiger partial charge in [0.05, 0.1) is 33.8 Å². The van der Waals surface area contributed by atoms with Gasteiger partial charge in [-0.05, 0) is 89.5 Å². The number of allylic oxidation sites excluding steroid dienone is 9. The Balaban J connectivity index is 5.32. The molecule has 426 valence electrons. The molecule has 3 atom stereocenters. The number of carbonyl (C=O) groups excluding carboxylic acids is 2. The Hall–Kier alpha value is -2.29. The zero-order chi connectivity index (χ0) is 53.6. The van der Waals surface area contributed by atoms with Crippen molar-refractivity contribution >= 4 is 19.7 Å². The minimum Gasteiger partial charge on any atom is -0.756 e. The number of esters is 1. The van der Waals surface area contributed by atoms with Crippen LogP contribution in [0.4, 0.5) is 0 Å². The molecule has 1 amide bonds. The van der Waals surface area contributed by atoms with E-state index in [0.717, 1.165) is 83.5 Å². The lowest BCUT2D eigenvalue weighted by Crippen LogP contribution is -2.47. The number of phosphoric acid groups is 1. The van der Waals surface area contributed by atoms with Crippen LogP contribution < -0.4 is 10.2 Å². The molecule has 1 N–H and O–H groups in total. The first-order chi connectivity index (χ1) is 35.4. The molecule has 10 heteroatoms. The molecule has 0 fully saturated rings. The van der Waals surface area contributed by atoms with Gasteiger partial charge in [-0.3, -0.25) is 14.2 Å². The third-order valence-electron chi connectivity index (χ3n) is 13.4. The molecule has 9 nitrogen and oxygen atoms in total. The van der Waals surface area contributed by atoms with Gasteiger partial charge in [-0.2, -0.15) is 0 Å². The van der Waals surface area contributed by atoms with E-state index in [4.69, 9.17) is 13.8 Å².